The van der Waals surface area contributed by atoms with Gasteiger partial charge >= 0.3 is 0 Å². The van der Waals surface area contributed by atoms with Gasteiger partial charge in [-0.15, -0.1) is 0 Å². The van der Waals surface area contributed by atoms with Gasteiger partial charge in [0, 0.05) is 6.10 Å². The van der Waals surface area contributed by atoms with Gasteiger partial charge in [-0.1, -0.05) is 0 Å². The first-order chi connectivity index (χ1) is 3.46. The molecule has 0 amide bonds. The van der Waals surface area contributed by atoms with Gasteiger partial charge in [0.15, 0.2) is 0 Å². The van der Waals surface area contributed by atoms with Gasteiger partial charge in [-0.05, 0) is 20.8 Å². The monoisotopic (exact) mass is 122 g/mol. The van der Waals surface area contributed by atoms with Crippen LogP contribution in [0.5, 0.6) is 0 Å². The number of hydrogen-bond donors (Lipinski definition) is 3. The Morgan fingerprint density at radius 3 is 0.875 bits per heavy atom. The Kier molecular flexibility index (Phi) is 9.28. The van der Waals surface area contributed by atoms with Crippen LogP contribution < -0.4 is 0 Å². The van der Waals surface area contributed by atoms with Crippen molar-refractivity contribution in [3.63, 3.8) is 0 Å². The highest BCUT2D eigenvalue weighted by molar-refractivity contribution is 4.20. The molecule has 0 aromatic rings. The van der Waals surface area contributed by atoms with E-state index in [1.165, 1.54) is 6.92 Å². The van der Waals surface area contributed by atoms with E-state index in [1.54, 1.807) is 13.8 Å². The van der Waals surface area contributed by atoms with E-state index in [1.807, 2.05) is 0 Å². The summed E-state index contributed by atoms with van der Waals surface area (Å²) in [5, 5.41) is 23.3. The molecule has 3 heteroatoms. The quantitative estimate of drug-likeness (QED) is 0.387. The average Bonchev–Trinajstić information content (AvgIpc) is 1.25. The molecule has 3 N–H and O–H groups in total. The lowest BCUT2D eigenvalue weighted by atomic mass is 10.5. The molecule has 0 rings (SSSR count). The molecule has 0 heterocycles. The highest BCUT2D eigenvalue weighted by Crippen LogP contribution is 1.65. The van der Waals surface area contributed by atoms with Crippen molar-refractivity contribution >= 4 is 0 Å². The zero-order chi connectivity index (χ0) is 7.15. The largest absolute Gasteiger partial charge is 0.394 e. The molecule has 0 saturated carbocycles. The Bertz CT molecular complexity index is 23.1. The maximum absolute atomic E-state index is 8.06. The summed E-state index contributed by atoms with van der Waals surface area (Å²) in [7, 11) is 0. The predicted octanol–water partition coefficient (Wildman–Crippen LogP) is -0.296. The van der Waals surface area contributed by atoms with Crippen LogP contribution in [0.1, 0.15) is 20.8 Å². The fourth-order valence-corrected chi connectivity index (χ4v) is 0. The summed E-state index contributed by atoms with van der Waals surface area (Å²) in [4.78, 5) is 0. The zero-order valence-corrected chi connectivity index (χ0v) is 5.50. The molecule has 0 aliphatic carbocycles. The van der Waals surface area contributed by atoms with E-state index >= 15 is 0 Å². The maximum atomic E-state index is 8.06. The third-order valence-electron chi connectivity index (χ3n) is 0. The molecule has 0 aromatic carbocycles. The summed E-state index contributed by atoms with van der Waals surface area (Å²) < 4.78 is 0. The van der Waals surface area contributed by atoms with Crippen molar-refractivity contribution in [1.29, 1.82) is 0 Å². The van der Waals surface area contributed by atoms with E-state index in [0.29, 0.717) is 0 Å². The molecule has 0 atom stereocenters. The Balaban J connectivity index is 0. The standard InChI is InChI=1S/C3H8O.C2H6O2/c1-3(2)4;1-2(3)4/h3-4H,1-2H3;2-4H,1H3. The van der Waals surface area contributed by atoms with E-state index in [0.717, 1.165) is 0 Å². The van der Waals surface area contributed by atoms with Crippen LogP contribution in [0.3, 0.4) is 0 Å². The first-order valence-corrected chi connectivity index (χ1v) is 2.51. The summed E-state index contributed by atoms with van der Waals surface area (Å²) in [6, 6.07) is 0. The molecule has 0 aromatic heterocycles. The molecule has 0 saturated heterocycles. The lowest BCUT2D eigenvalue weighted by Crippen LogP contribution is -1.92. The van der Waals surface area contributed by atoms with Crippen LogP contribution in [0.25, 0.3) is 0 Å². The molecule has 0 bridgehead atoms. The van der Waals surface area contributed by atoms with Crippen molar-refractivity contribution in [3.05, 3.63) is 0 Å². The molecule has 0 fully saturated rings. The van der Waals surface area contributed by atoms with Gasteiger partial charge in [-0.2, -0.15) is 0 Å². The smallest absolute Gasteiger partial charge is 0.148 e. The molecule has 8 heavy (non-hydrogen) atoms. The lowest BCUT2D eigenvalue weighted by molar-refractivity contribution is -0.0228. The van der Waals surface area contributed by atoms with Crippen molar-refractivity contribution in [1.82, 2.24) is 0 Å². The zero-order valence-electron chi connectivity index (χ0n) is 5.50. The van der Waals surface area contributed by atoms with Crippen molar-refractivity contribution < 1.29 is 15.3 Å². The maximum Gasteiger partial charge on any atom is 0.148 e. The Labute approximate surface area is 49.6 Å². The minimum atomic E-state index is -1.17. The molecule has 0 unspecified atom stereocenters. The topological polar surface area (TPSA) is 60.7 Å². The van der Waals surface area contributed by atoms with Gasteiger partial charge in [0.2, 0.25) is 0 Å². The van der Waals surface area contributed by atoms with Crippen LogP contribution in [0.15, 0.2) is 0 Å². The molecule has 52 valence electrons. The number of rotatable bonds is 0. The molecule has 0 radical (unpaired) electrons. The average molecular weight is 122 g/mol. The SMILES string of the molecule is CC(C)O.CC(O)O. The van der Waals surface area contributed by atoms with Crippen molar-refractivity contribution in [2.24, 2.45) is 0 Å². The van der Waals surface area contributed by atoms with Crippen LogP contribution >= 0.6 is 0 Å². The highest BCUT2D eigenvalue weighted by Gasteiger charge is 1.70. The fraction of sp³-hybridized carbons (Fsp3) is 1.00. The van der Waals surface area contributed by atoms with Gasteiger partial charge < -0.3 is 15.3 Å². The van der Waals surface area contributed by atoms with E-state index in [2.05, 4.69) is 0 Å². The van der Waals surface area contributed by atoms with Crippen LogP contribution in [-0.4, -0.2) is 27.7 Å². The first kappa shape index (κ1) is 10.8. The minimum absolute atomic E-state index is 0.167. The summed E-state index contributed by atoms with van der Waals surface area (Å²) in [6.07, 6.45) is -1.33. The fourth-order valence-electron chi connectivity index (χ4n) is 0. The van der Waals surface area contributed by atoms with Crippen LogP contribution in [0.4, 0.5) is 0 Å². The number of aliphatic hydroxyl groups is 3. The van der Waals surface area contributed by atoms with Gasteiger partial charge in [-0.25, -0.2) is 0 Å². The summed E-state index contributed by atoms with van der Waals surface area (Å²) in [6.45, 7) is 4.72. The second-order valence-electron chi connectivity index (χ2n) is 1.73. The Morgan fingerprint density at radius 2 is 0.875 bits per heavy atom. The molecule has 3 nitrogen and oxygen atoms in total. The first-order valence-electron chi connectivity index (χ1n) is 2.51. The number of hydrogen-bond acceptors (Lipinski definition) is 3. The van der Waals surface area contributed by atoms with Gasteiger partial charge in [0.25, 0.3) is 0 Å². The number of aliphatic hydroxyl groups excluding tert-OH is 2. The predicted molar refractivity (Wildman–Crippen MR) is 31.3 cm³/mol. The van der Waals surface area contributed by atoms with E-state index in [4.69, 9.17) is 15.3 Å². The van der Waals surface area contributed by atoms with E-state index in [-0.39, 0.29) is 6.10 Å². The van der Waals surface area contributed by atoms with E-state index < -0.39 is 6.29 Å². The van der Waals surface area contributed by atoms with Gasteiger partial charge in [-0.3, -0.25) is 0 Å². The molecular formula is C5H14O3. The van der Waals surface area contributed by atoms with Crippen LogP contribution in [0, 0.1) is 0 Å². The highest BCUT2D eigenvalue weighted by atomic mass is 16.5. The van der Waals surface area contributed by atoms with Crippen molar-refractivity contribution in [2.45, 2.75) is 33.2 Å². The van der Waals surface area contributed by atoms with Gasteiger partial charge in [0.1, 0.15) is 6.29 Å². The summed E-state index contributed by atoms with van der Waals surface area (Å²) in [5.74, 6) is 0. The third kappa shape index (κ3) is 9720. The summed E-state index contributed by atoms with van der Waals surface area (Å²) >= 11 is 0. The summed E-state index contributed by atoms with van der Waals surface area (Å²) in [5.41, 5.74) is 0. The molecule has 0 aliphatic rings. The second kappa shape index (κ2) is 6.88. The third-order valence-corrected chi connectivity index (χ3v) is 0. The normalized spacial score (nSPS) is 9.00. The second-order valence-corrected chi connectivity index (χ2v) is 1.73. The Morgan fingerprint density at radius 1 is 0.875 bits per heavy atom. The van der Waals surface area contributed by atoms with Crippen molar-refractivity contribution in [3.8, 4) is 0 Å². The molecule has 0 spiro atoms. The molecular weight excluding hydrogens is 108 g/mol. The van der Waals surface area contributed by atoms with Crippen LogP contribution in [0.2, 0.25) is 0 Å². The Hall–Kier alpha value is -0.120. The molecule has 0 aliphatic heterocycles. The van der Waals surface area contributed by atoms with Gasteiger partial charge in [0.05, 0.1) is 0 Å². The minimum Gasteiger partial charge on any atom is -0.394 e. The van der Waals surface area contributed by atoms with Crippen LogP contribution in [-0.2, 0) is 0 Å². The van der Waals surface area contributed by atoms with E-state index in [9.17, 15) is 0 Å². The van der Waals surface area contributed by atoms with Crippen molar-refractivity contribution in [2.75, 3.05) is 0 Å². The lowest BCUT2D eigenvalue weighted by Gasteiger charge is -1.80.